The minimum absolute atomic E-state index is 0.837. The summed E-state index contributed by atoms with van der Waals surface area (Å²) in [6, 6.07) is 40.4. The second kappa shape index (κ2) is 9.35. The highest BCUT2D eigenvalue weighted by atomic mass is 16.5. The van der Waals surface area contributed by atoms with Gasteiger partial charge in [0.05, 0.1) is 22.1 Å². The maximum Gasteiger partial charge on any atom is 0.137 e. The smallest absolute Gasteiger partial charge is 0.137 e. The number of pyridine rings is 1. The van der Waals surface area contributed by atoms with Gasteiger partial charge in [-0.3, -0.25) is 4.57 Å². The minimum Gasteiger partial charge on any atom is -0.457 e. The van der Waals surface area contributed by atoms with E-state index >= 15 is 0 Å². The van der Waals surface area contributed by atoms with Gasteiger partial charge in [0.15, 0.2) is 0 Å². The van der Waals surface area contributed by atoms with Crippen LogP contribution in [0, 0.1) is 20.8 Å². The maximum absolute atomic E-state index is 6.81. The Morgan fingerprint density at radius 3 is 1.67 bits per heavy atom. The number of hydrogen-bond donors (Lipinski definition) is 0. The molecule has 4 nitrogen and oxygen atoms in total. The van der Waals surface area contributed by atoms with Crippen molar-refractivity contribution < 1.29 is 4.74 Å². The molecule has 0 aliphatic carbocycles. The zero-order valence-corrected chi connectivity index (χ0v) is 23.8. The molecule has 3 heterocycles. The monoisotopic (exact) mass is 543 g/mol. The molecule has 3 aromatic heterocycles. The van der Waals surface area contributed by atoms with Crippen LogP contribution < -0.4 is 4.74 Å². The Labute approximate surface area is 244 Å². The fourth-order valence-corrected chi connectivity index (χ4v) is 6.54. The number of ether oxygens (including phenoxy) is 1. The fourth-order valence-electron chi connectivity index (χ4n) is 6.54. The van der Waals surface area contributed by atoms with Crippen LogP contribution in [0.4, 0.5) is 0 Å². The molecule has 4 heteroatoms. The van der Waals surface area contributed by atoms with Crippen LogP contribution in [0.3, 0.4) is 0 Å². The predicted molar refractivity (Wildman–Crippen MR) is 174 cm³/mol. The summed E-state index contributed by atoms with van der Waals surface area (Å²) >= 11 is 0. The van der Waals surface area contributed by atoms with E-state index in [0.29, 0.717) is 0 Å². The van der Waals surface area contributed by atoms with E-state index in [1.54, 1.807) is 0 Å². The number of hydrogen-bond acceptors (Lipinski definition) is 2. The first-order valence-electron chi connectivity index (χ1n) is 14.3. The van der Waals surface area contributed by atoms with E-state index in [0.717, 1.165) is 39.5 Å². The number of aryl methyl sites for hydroxylation is 3. The van der Waals surface area contributed by atoms with Crippen molar-refractivity contribution in [3.63, 3.8) is 0 Å². The summed E-state index contributed by atoms with van der Waals surface area (Å²) in [5.41, 5.74) is 9.21. The van der Waals surface area contributed by atoms with Gasteiger partial charge in [0.1, 0.15) is 17.3 Å². The van der Waals surface area contributed by atoms with Crippen molar-refractivity contribution in [3.8, 4) is 23.0 Å². The van der Waals surface area contributed by atoms with Gasteiger partial charge in [-0.25, -0.2) is 4.98 Å². The van der Waals surface area contributed by atoms with Crippen LogP contribution in [0.5, 0.6) is 11.5 Å². The molecule has 5 aromatic carbocycles. The largest absolute Gasteiger partial charge is 0.457 e. The third kappa shape index (κ3) is 3.52. The van der Waals surface area contributed by atoms with Crippen molar-refractivity contribution in [3.05, 3.63) is 138 Å². The molecule has 0 fully saturated rings. The first-order valence-corrected chi connectivity index (χ1v) is 14.3. The second-order valence-corrected chi connectivity index (χ2v) is 11.0. The zero-order valence-electron chi connectivity index (χ0n) is 23.8. The van der Waals surface area contributed by atoms with Gasteiger partial charge in [-0.05, 0) is 80.9 Å². The summed E-state index contributed by atoms with van der Waals surface area (Å²) in [5, 5.41) is 4.85. The van der Waals surface area contributed by atoms with Crippen molar-refractivity contribution in [1.29, 1.82) is 0 Å². The van der Waals surface area contributed by atoms with E-state index in [1.807, 2.05) is 18.3 Å². The maximum atomic E-state index is 6.81. The second-order valence-electron chi connectivity index (χ2n) is 11.0. The Bertz CT molecular complexity index is 2310. The number of rotatable bonds is 4. The Balaban J connectivity index is 1.35. The minimum atomic E-state index is 0.837. The van der Waals surface area contributed by atoms with E-state index in [2.05, 4.69) is 133 Å². The van der Waals surface area contributed by atoms with E-state index in [1.165, 1.54) is 43.8 Å². The molecule has 8 aromatic rings. The van der Waals surface area contributed by atoms with Crippen LogP contribution >= 0.6 is 0 Å². The predicted octanol–water partition coefficient (Wildman–Crippen LogP) is 9.99. The third-order valence-electron chi connectivity index (χ3n) is 8.53. The van der Waals surface area contributed by atoms with Gasteiger partial charge in [-0.15, -0.1) is 0 Å². The Morgan fingerprint density at radius 1 is 0.500 bits per heavy atom. The van der Waals surface area contributed by atoms with E-state index < -0.39 is 0 Å². The van der Waals surface area contributed by atoms with Crippen LogP contribution in [-0.4, -0.2) is 14.1 Å². The number of fused-ring (bicyclic) bond motifs is 6. The van der Waals surface area contributed by atoms with Gasteiger partial charge in [0.2, 0.25) is 0 Å². The number of para-hydroxylation sites is 3. The van der Waals surface area contributed by atoms with E-state index in [-0.39, 0.29) is 0 Å². The quantitative estimate of drug-likeness (QED) is 0.221. The van der Waals surface area contributed by atoms with Gasteiger partial charge >= 0.3 is 0 Å². The summed E-state index contributed by atoms with van der Waals surface area (Å²) in [4.78, 5) is 4.71. The first kappa shape index (κ1) is 24.4. The number of nitrogens with zero attached hydrogens (tertiary/aromatic N) is 3. The molecular formula is C38H29N3O. The van der Waals surface area contributed by atoms with Crippen LogP contribution in [0.1, 0.15) is 16.7 Å². The number of aromatic nitrogens is 3. The zero-order chi connectivity index (χ0) is 28.4. The molecule has 0 amide bonds. The SMILES string of the molecule is Cc1ccccc1-n1c2ccccc2c2ccc(Oc3ccc4c5ccccc5n(-c5ccccn5)c4c3C)c(C)c21. The molecule has 0 bridgehead atoms. The summed E-state index contributed by atoms with van der Waals surface area (Å²) in [5.74, 6) is 2.58. The molecule has 0 saturated heterocycles. The summed E-state index contributed by atoms with van der Waals surface area (Å²) in [6.07, 6.45) is 1.84. The summed E-state index contributed by atoms with van der Waals surface area (Å²) in [6.45, 7) is 6.49. The normalized spacial score (nSPS) is 11.7. The summed E-state index contributed by atoms with van der Waals surface area (Å²) in [7, 11) is 0. The highest BCUT2D eigenvalue weighted by Crippen LogP contribution is 2.42. The first-order chi connectivity index (χ1) is 20.6. The van der Waals surface area contributed by atoms with Crippen molar-refractivity contribution in [2.45, 2.75) is 20.8 Å². The molecule has 42 heavy (non-hydrogen) atoms. The third-order valence-corrected chi connectivity index (χ3v) is 8.53. The fraction of sp³-hybridized carbons (Fsp3) is 0.0789. The lowest BCUT2D eigenvalue weighted by atomic mass is 10.1. The van der Waals surface area contributed by atoms with Gasteiger partial charge in [0.25, 0.3) is 0 Å². The average molecular weight is 544 g/mol. The lowest BCUT2D eigenvalue weighted by molar-refractivity contribution is 0.476. The Kier molecular flexibility index (Phi) is 5.44. The topological polar surface area (TPSA) is 32.0 Å². The average Bonchev–Trinajstić information content (AvgIpc) is 3.54. The Morgan fingerprint density at radius 2 is 1.05 bits per heavy atom. The van der Waals surface area contributed by atoms with Gasteiger partial charge < -0.3 is 9.30 Å². The van der Waals surface area contributed by atoms with Crippen LogP contribution in [0.2, 0.25) is 0 Å². The van der Waals surface area contributed by atoms with Crippen LogP contribution in [0.25, 0.3) is 55.1 Å². The number of benzene rings is 5. The van der Waals surface area contributed by atoms with E-state index in [4.69, 9.17) is 9.72 Å². The van der Waals surface area contributed by atoms with Crippen LogP contribution in [0.15, 0.2) is 121 Å². The lowest BCUT2D eigenvalue weighted by Gasteiger charge is -2.16. The standard InChI is InChI=1S/C38H29N3O/c1-24-12-4-7-15-31(24)40-32-16-8-5-13-27(32)29-19-21-34(25(2)37(29)40)42-35-22-20-30-28-14-6-9-17-33(28)41(38(30)26(35)3)36-18-10-11-23-39-36/h4-23H,1-3H3. The molecule has 0 saturated carbocycles. The lowest BCUT2D eigenvalue weighted by Crippen LogP contribution is -2.00. The van der Waals surface area contributed by atoms with Crippen molar-refractivity contribution in [2.75, 3.05) is 0 Å². The van der Waals surface area contributed by atoms with Crippen molar-refractivity contribution in [2.24, 2.45) is 0 Å². The van der Waals surface area contributed by atoms with Gasteiger partial charge in [0, 0.05) is 44.6 Å². The van der Waals surface area contributed by atoms with E-state index in [9.17, 15) is 0 Å². The highest BCUT2D eigenvalue weighted by molar-refractivity contribution is 6.12. The van der Waals surface area contributed by atoms with Crippen LogP contribution in [-0.2, 0) is 0 Å². The Hall–Kier alpha value is -5.35. The molecule has 8 rings (SSSR count). The highest BCUT2D eigenvalue weighted by Gasteiger charge is 2.20. The molecule has 0 radical (unpaired) electrons. The molecule has 0 N–H and O–H groups in total. The molecule has 0 unspecified atom stereocenters. The summed E-state index contributed by atoms with van der Waals surface area (Å²) < 4.78 is 11.4. The molecular weight excluding hydrogens is 514 g/mol. The molecule has 0 aliphatic heterocycles. The van der Waals surface area contributed by atoms with Gasteiger partial charge in [-0.2, -0.15) is 0 Å². The molecule has 0 aliphatic rings. The van der Waals surface area contributed by atoms with Crippen molar-refractivity contribution >= 4 is 43.6 Å². The van der Waals surface area contributed by atoms with Gasteiger partial charge in [-0.1, -0.05) is 60.7 Å². The van der Waals surface area contributed by atoms with Crippen molar-refractivity contribution in [1.82, 2.24) is 14.1 Å². The molecule has 0 atom stereocenters. The molecule has 202 valence electrons. The molecule has 0 spiro atoms.